The van der Waals surface area contributed by atoms with E-state index in [1.807, 2.05) is 13.8 Å². The average Bonchev–Trinajstić information content (AvgIpc) is 2.80. The van der Waals surface area contributed by atoms with Gasteiger partial charge in [0, 0.05) is 12.6 Å². The number of benzene rings is 2. The van der Waals surface area contributed by atoms with Crippen LogP contribution in [0.2, 0.25) is 0 Å². The maximum atomic E-state index is 12.5. The molecule has 11 heteroatoms. The van der Waals surface area contributed by atoms with Crippen molar-refractivity contribution in [3.63, 3.8) is 0 Å². The van der Waals surface area contributed by atoms with Gasteiger partial charge in [0.05, 0.1) is 22.2 Å². The van der Waals surface area contributed by atoms with Gasteiger partial charge >= 0.3 is 5.97 Å². The third-order valence-corrected chi connectivity index (χ3v) is 4.53. The predicted molar refractivity (Wildman–Crippen MR) is 117 cm³/mol. The Morgan fingerprint density at radius 1 is 1.09 bits per heavy atom. The lowest BCUT2D eigenvalue weighted by Gasteiger charge is -2.18. The Bertz CT molecular complexity index is 1080. The van der Waals surface area contributed by atoms with E-state index in [4.69, 9.17) is 14.2 Å². The molecule has 0 atom stereocenters. The number of nitrogens with one attached hydrogen (secondary N) is 2. The molecule has 0 aliphatic carbocycles. The van der Waals surface area contributed by atoms with Gasteiger partial charge in [-0.2, -0.15) is 0 Å². The summed E-state index contributed by atoms with van der Waals surface area (Å²) < 4.78 is 15.6. The van der Waals surface area contributed by atoms with E-state index in [1.165, 1.54) is 6.07 Å². The molecule has 2 aromatic carbocycles. The number of ether oxygens (including phenoxy) is 3. The Morgan fingerprint density at radius 2 is 1.76 bits per heavy atom. The van der Waals surface area contributed by atoms with Crippen molar-refractivity contribution in [1.29, 1.82) is 0 Å². The Kier molecular flexibility index (Phi) is 7.44. The van der Waals surface area contributed by atoms with Gasteiger partial charge in [-0.25, -0.2) is 4.79 Å². The maximum Gasteiger partial charge on any atom is 0.345 e. The lowest BCUT2D eigenvalue weighted by molar-refractivity contribution is -0.385. The standard InChI is InChI=1S/C22H23N3O8/c1-13(2)11-23-21(27)14-5-3-4-6-16(14)24-20(26)12-33-22(28)15-9-18-19(32-8-7-31-18)10-17(15)25(29)30/h3-6,9-10,13H,7-8,11-12H2,1-2H3,(H,23,27)(H,24,26). The highest BCUT2D eigenvalue weighted by Crippen LogP contribution is 2.36. The number of rotatable bonds is 8. The number of carbonyl (C=O) groups excluding carboxylic acids is 3. The van der Waals surface area contributed by atoms with Crippen LogP contribution in [0.1, 0.15) is 34.6 Å². The quantitative estimate of drug-likeness (QED) is 0.349. The van der Waals surface area contributed by atoms with Crippen LogP contribution in [0.4, 0.5) is 11.4 Å². The van der Waals surface area contributed by atoms with Crippen molar-refractivity contribution >= 4 is 29.2 Å². The number of hydrogen-bond acceptors (Lipinski definition) is 8. The van der Waals surface area contributed by atoms with Crippen molar-refractivity contribution in [3.05, 3.63) is 57.6 Å². The minimum Gasteiger partial charge on any atom is -0.486 e. The molecular weight excluding hydrogens is 434 g/mol. The molecule has 0 spiro atoms. The molecule has 0 bridgehead atoms. The van der Waals surface area contributed by atoms with Gasteiger partial charge in [0.25, 0.3) is 17.5 Å². The fraction of sp³-hybridized carbons (Fsp3) is 0.318. The van der Waals surface area contributed by atoms with E-state index >= 15 is 0 Å². The van der Waals surface area contributed by atoms with Crippen LogP contribution >= 0.6 is 0 Å². The van der Waals surface area contributed by atoms with Gasteiger partial charge in [-0.1, -0.05) is 26.0 Å². The number of anilines is 1. The number of fused-ring (bicyclic) bond motifs is 1. The molecule has 33 heavy (non-hydrogen) atoms. The highest BCUT2D eigenvalue weighted by atomic mass is 16.6. The summed E-state index contributed by atoms with van der Waals surface area (Å²) in [6.45, 7) is 4.11. The van der Waals surface area contributed by atoms with Gasteiger partial charge in [-0.15, -0.1) is 0 Å². The van der Waals surface area contributed by atoms with Crippen molar-refractivity contribution in [2.45, 2.75) is 13.8 Å². The Balaban J connectivity index is 1.67. The lowest BCUT2D eigenvalue weighted by Crippen LogP contribution is -2.29. The van der Waals surface area contributed by atoms with E-state index in [0.717, 1.165) is 12.1 Å². The SMILES string of the molecule is CC(C)CNC(=O)c1ccccc1NC(=O)COC(=O)c1cc2c(cc1[N+](=O)[O-])OCCO2. The van der Waals surface area contributed by atoms with Gasteiger partial charge in [-0.05, 0) is 18.1 Å². The summed E-state index contributed by atoms with van der Waals surface area (Å²) >= 11 is 0. The predicted octanol–water partition coefficient (Wildman–Crippen LogP) is 2.55. The van der Waals surface area contributed by atoms with Crippen LogP contribution in [-0.4, -0.2) is 49.1 Å². The summed E-state index contributed by atoms with van der Waals surface area (Å²) in [4.78, 5) is 47.8. The molecule has 1 aliphatic rings. The second kappa shape index (κ2) is 10.4. The molecule has 0 saturated carbocycles. The molecule has 0 unspecified atom stereocenters. The number of nitro groups is 1. The van der Waals surface area contributed by atoms with Crippen molar-refractivity contribution in [3.8, 4) is 11.5 Å². The molecule has 0 saturated heterocycles. The second-order valence-corrected chi connectivity index (χ2v) is 7.54. The van der Waals surface area contributed by atoms with Crippen LogP contribution in [0.25, 0.3) is 0 Å². The monoisotopic (exact) mass is 457 g/mol. The van der Waals surface area contributed by atoms with E-state index in [9.17, 15) is 24.5 Å². The zero-order chi connectivity index (χ0) is 24.0. The van der Waals surface area contributed by atoms with Gasteiger partial charge in [-0.3, -0.25) is 19.7 Å². The molecular formula is C22H23N3O8. The zero-order valence-electron chi connectivity index (χ0n) is 18.1. The minimum atomic E-state index is -1.07. The number of hydrogen-bond donors (Lipinski definition) is 2. The fourth-order valence-corrected chi connectivity index (χ4v) is 2.97. The van der Waals surface area contributed by atoms with Gasteiger partial charge in [0.1, 0.15) is 18.8 Å². The molecule has 0 aromatic heterocycles. The van der Waals surface area contributed by atoms with Crippen LogP contribution in [0.15, 0.2) is 36.4 Å². The van der Waals surface area contributed by atoms with Crippen LogP contribution in [0.5, 0.6) is 11.5 Å². The molecule has 0 fully saturated rings. The van der Waals surface area contributed by atoms with Crippen molar-refractivity contribution in [2.75, 3.05) is 31.7 Å². The third-order valence-electron chi connectivity index (χ3n) is 4.53. The Morgan fingerprint density at radius 3 is 2.42 bits per heavy atom. The molecule has 1 heterocycles. The Hall–Kier alpha value is -4.15. The summed E-state index contributed by atoms with van der Waals surface area (Å²) in [6.07, 6.45) is 0. The third kappa shape index (κ3) is 5.97. The van der Waals surface area contributed by atoms with E-state index in [0.29, 0.717) is 6.54 Å². The van der Waals surface area contributed by atoms with Crippen molar-refractivity contribution in [1.82, 2.24) is 5.32 Å². The number of amides is 2. The molecule has 2 aromatic rings. The molecule has 11 nitrogen and oxygen atoms in total. The summed E-state index contributed by atoms with van der Waals surface area (Å²) in [5.41, 5.74) is -0.409. The zero-order valence-corrected chi connectivity index (χ0v) is 18.1. The number of carbonyl (C=O) groups is 3. The van der Waals surface area contributed by atoms with Gasteiger partial charge < -0.3 is 24.8 Å². The average molecular weight is 457 g/mol. The minimum absolute atomic E-state index is 0.148. The normalized spacial score (nSPS) is 12.1. The maximum absolute atomic E-state index is 12.5. The number of nitro benzene ring substituents is 1. The van der Waals surface area contributed by atoms with E-state index < -0.39 is 29.1 Å². The molecule has 1 aliphatic heterocycles. The van der Waals surface area contributed by atoms with E-state index in [-0.39, 0.29) is 53.4 Å². The summed E-state index contributed by atoms with van der Waals surface area (Å²) in [5.74, 6) is -1.58. The summed E-state index contributed by atoms with van der Waals surface area (Å²) in [5, 5.41) is 16.7. The van der Waals surface area contributed by atoms with Crippen molar-refractivity contribution < 1.29 is 33.5 Å². The number of esters is 1. The summed E-state index contributed by atoms with van der Waals surface area (Å²) in [6, 6.07) is 8.62. The van der Waals surface area contributed by atoms with Gasteiger partial charge in [0.2, 0.25) is 0 Å². The molecule has 3 rings (SSSR count). The van der Waals surface area contributed by atoms with Crippen LogP contribution < -0.4 is 20.1 Å². The number of nitrogens with zero attached hydrogens (tertiary/aromatic N) is 1. The topological polar surface area (TPSA) is 146 Å². The van der Waals surface area contributed by atoms with Gasteiger partial charge in [0.15, 0.2) is 18.1 Å². The van der Waals surface area contributed by atoms with Crippen LogP contribution in [0.3, 0.4) is 0 Å². The second-order valence-electron chi connectivity index (χ2n) is 7.54. The van der Waals surface area contributed by atoms with Crippen LogP contribution in [0, 0.1) is 16.0 Å². The largest absolute Gasteiger partial charge is 0.486 e. The smallest absolute Gasteiger partial charge is 0.345 e. The van der Waals surface area contributed by atoms with Crippen molar-refractivity contribution in [2.24, 2.45) is 5.92 Å². The first-order valence-corrected chi connectivity index (χ1v) is 10.2. The van der Waals surface area contributed by atoms with Crippen LogP contribution in [-0.2, 0) is 9.53 Å². The Labute approximate surface area is 189 Å². The lowest BCUT2D eigenvalue weighted by atomic mass is 10.1. The molecule has 2 amide bonds. The van der Waals surface area contributed by atoms with E-state index in [2.05, 4.69) is 10.6 Å². The molecule has 2 N–H and O–H groups in total. The first-order valence-electron chi connectivity index (χ1n) is 10.2. The van der Waals surface area contributed by atoms with E-state index in [1.54, 1.807) is 18.2 Å². The highest BCUT2D eigenvalue weighted by molar-refractivity contribution is 6.04. The summed E-state index contributed by atoms with van der Waals surface area (Å²) in [7, 11) is 0. The fourth-order valence-electron chi connectivity index (χ4n) is 2.97. The molecule has 0 radical (unpaired) electrons. The first kappa shape index (κ1) is 23.5. The first-order chi connectivity index (χ1) is 15.8. The number of para-hydroxylation sites is 1. The highest BCUT2D eigenvalue weighted by Gasteiger charge is 2.28. The molecule has 174 valence electrons.